The number of hydrogen-bond acceptors (Lipinski definition) is 4. The van der Waals surface area contributed by atoms with E-state index in [0.717, 1.165) is 4.47 Å². The molecule has 6 heteroatoms. The molecule has 2 rings (SSSR count). The van der Waals surface area contributed by atoms with Crippen LogP contribution in [0.1, 0.15) is 5.56 Å². The zero-order valence-electron chi connectivity index (χ0n) is 10.8. The van der Waals surface area contributed by atoms with E-state index in [2.05, 4.69) is 15.9 Å². The molecule has 20 heavy (non-hydrogen) atoms. The Bertz CT molecular complexity index is 729. The Labute approximate surface area is 126 Å². The first kappa shape index (κ1) is 14.9. The van der Waals surface area contributed by atoms with E-state index in [1.165, 1.54) is 13.2 Å². The average molecular weight is 356 g/mol. The highest BCUT2D eigenvalue weighted by Gasteiger charge is 2.20. The van der Waals surface area contributed by atoms with Gasteiger partial charge in [0.25, 0.3) is 0 Å². The number of hydrogen-bond donors (Lipinski definition) is 1. The van der Waals surface area contributed by atoms with Gasteiger partial charge in [0.05, 0.1) is 23.4 Å². The SMILES string of the molecule is COc1ccccc1CS(=O)(=O)c1ccc(Br)cc1N. The van der Waals surface area contributed by atoms with E-state index in [0.29, 0.717) is 11.3 Å². The van der Waals surface area contributed by atoms with Crippen molar-refractivity contribution in [2.75, 3.05) is 12.8 Å². The predicted octanol–water partition coefficient (Wildman–Crippen LogP) is 3.01. The van der Waals surface area contributed by atoms with Crippen LogP contribution < -0.4 is 10.5 Å². The third-order valence-electron chi connectivity index (χ3n) is 2.84. The molecule has 0 aliphatic heterocycles. The highest BCUT2D eigenvalue weighted by atomic mass is 79.9. The molecule has 0 aliphatic carbocycles. The van der Waals surface area contributed by atoms with Gasteiger partial charge in [0.15, 0.2) is 9.84 Å². The van der Waals surface area contributed by atoms with Crippen LogP contribution >= 0.6 is 15.9 Å². The van der Waals surface area contributed by atoms with Crippen LogP contribution in [0.25, 0.3) is 0 Å². The van der Waals surface area contributed by atoms with E-state index in [-0.39, 0.29) is 16.3 Å². The zero-order valence-corrected chi connectivity index (χ0v) is 13.2. The van der Waals surface area contributed by atoms with Gasteiger partial charge in [-0.3, -0.25) is 0 Å². The highest BCUT2D eigenvalue weighted by Crippen LogP contribution is 2.28. The second kappa shape index (κ2) is 5.85. The Balaban J connectivity index is 2.41. The van der Waals surface area contributed by atoms with Crippen molar-refractivity contribution in [1.82, 2.24) is 0 Å². The normalized spacial score (nSPS) is 11.3. The fraction of sp³-hybridized carbons (Fsp3) is 0.143. The first-order valence-corrected chi connectivity index (χ1v) is 8.28. The van der Waals surface area contributed by atoms with Gasteiger partial charge >= 0.3 is 0 Å². The Kier molecular flexibility index (Phi) is 4.35. The maximum Gasteiger partial charge on any atom is 0.184 e. The fourth-order valence-electron chi connectivity index (χ4n) is 1.91. The summed E-state index contributed by atoms with van der Waals surface area (Å²) in [4.78, 5) is 0.131. The van der Waals surface area contributed by atoms with E-state index in [1.807, 2.05) is 0 Å². The van der Waals surface area contributed by atoms with Crippen LogP contribution in [0.3, 0.4) is 0 Å². The molecular weight excluding hydrogens is 342 g/mol. The van der Waals surface area contributed by atoms with Crippen LogP contribution in [-0.2, 0) is 15.6 Å². The molecule has 0 unspecified atom stereocenters. The second-order valence-electron chi connectivity index (χ2n) is 4.25. The van der Waals surface area contributed by atoms with Crippen LogP contribution in [0.4, 0.5) is 5.69 Å². The molecule has 2 aromatic carbocycles. The number of rotatable bonds is 4. The molecule has 0 saturated carbocycles. The minimum absolute atomic E-state index is 0.131. The third kappa shape index (κ3) is 3.13. The molecule has 4 nitrogen and oxygen atoms in total. The van der Waals surface area contributed by atoms with Gasteiger partial charge in [0, 0.05) is 10.0 Å². The summed E-state index contributed by atoms with van der Waals surface area (Å²) >= 11 is 3.26. The lowest BCUT2D eigenvalue weighted by molar-refractivity contribution is 0.411. The molecule has 0 heterocycles. The number of para-hydroxylation sites is 1. The largest absolute Gasteiger partial charge is 0.496 e. The summed E-state index contributed by atoms with van der Waals surface area (Å²) in [6, 6.07) is 11.8. The summed E-state index contributed by atoms with van der Waals surface area (Å²) < 4.78 is 30.8. The molecule has 2 aromatic rings. The molecule has 0 atom stereocenters. The lowest BCUT2D eigenvalue weighted by Gasteiger charge is -2.10. The summed E-state index contributed by atoms with van der Waals surface area (Å²) in [6.45, 7) is 0. The van der Waals surface area contributed by atoms with E-state index in [1.54, 1.807) is 36.4 Å². The number of nitrogens with two attached hydrogens (primary N) is 1. The zero-order chi connectivity index (χ0) is 14.8. The number of anilines is 1. The Morgan fingerprint density at radius 2 is 1.90 bits per heavy atom. The number of sulfone groups is 1. The molecule has 2 N–H and O–H groups in total. The van der Waals surface area contributed by atoms with E-state index in [9.17, 15) is 8.42 Å². The third-order valence-corrected chi connectivity index (χ3v) is 5.07. The summed E-state index contributed by atoms with van der Waals surface area (Å²) in [6.07, 6.45) is 0. The minimum atomic E-state index is -3.52. The van der Waals surface area contributed by atoms with Gasteiger partial charge in [0.1, 0.15) is 5.75 Å². The monoisotopic (exact) mass is 355 g/mol. The molecule has 0 spiro atoms. The number of benzene rings is 2. The molecule has 0 bridgehead atoms. The summed E-state index contributed by atoms with van der Waals surface area (Å²) in [7, 11) is -2.01. The van der Waals surface area contributed by atoms with Crippen LogP contribution in [0.15, 0.2) is 51.8 Å². The van der Waals surface area contributed by atoms with Crippen LogP contribution in [0, 0.1) is 0 Å². The molecule has 0 aliphatic rings. The molecule has 0 amide bonds. The van der Waals surface area contributed by atoms with Crippen LogP contribution in [0.2, 0.25) is 0 Å². The van der Waals surface area contributed by atoms with Gasteiger partial charge in [-0.15, -0.1) is 0 Å². The Morgan fingerprint density at radius 1 is 1.20 bits per heavy atom. The first-order chi connectivity index (χ1) is 9.44. The van der Waals surface area contributed by atoms with E-state index in [4.69, 9.17) is 10.5 Å². The van der Waals surface area contributed by atoms with Crippen molar-refractivity contribution in [2.24, 2.45) is 0 Å². The van der Waals surface area contributed by atoms with Crippen molar-refractivity contribution < 1.29 is 13.2 Å². The first-order valence-electron chi connectivity index (χ1n) is 5.84. The molecule has 0 radical (unpaired) electrons. The standard InChI is InChI=1S/C14H14BrNO3S/c1-19-13-5-3-2-4-10(13)9-20(17,18)14-7-6-11(15)8-12(14)16/h2-8H,9,16H2,1H3. The van der Waals surface area contributed by atoms with Crippen molar-refractivity contribution in [2.45, 2.75) is 10.6 Å². The molecule has 0 saturated heterocycles. The highest BCUT2D eigenvalue weighted by molar-refractivity contribution is 9.10. The lowest BCUT2D eigenvalue weighted by atomic mass is 10.2. The molecular formula is C14H14BrNO3S. The van der Waals surface area contributed by atoms with Crippen molar-refractivity contribution in [1.29, 1.82) is 0 Å². The van der Waals surface area contributed by atoms with Gasteiger partial charge in [-0.05, 0) is 24.3 Å². The van der Waals surface area contributed by atoms with Crippen LogP contribution in [0.5, 0.6) is 5.75 Å². The fourth-order valence-corrected chi connectivity index (χ4v) is 3.78. The van der Waals surface area contributed by atoms with Gasteiger partial charge < -0.3 is 10.5 Å². The summed E-state index contributed by atoms with van der Waals surface area (Å²) in [5, 5.41) is 0. The van der Waals surface area contributed by atoms with Crippen molar-refractivity contribution >= 4 is 31.5 Å². The summed E-state index contributed by atoms with van der Waals surface area (Å²) in [5.74, 6) is 0.398. The van der Waals surface area contributed by atoms with Gasteiger partial charge in [-0.25, -0.2) is 8.42 Å². The molecule has 0 fully saturated rings. The van der Waals surface area contributed by atoms with Crippen molar-refractivity contribution in [3.63, 3.8) is 0 Å². The number of nitrogen functional groups attached to an aromatic ring is 1. The Morgan fingerprint density at radius 3 is 2.55 bits per heavy atom. The van der Waals surface area contributed by atoms with Gasteiger partial charge in [-0.1, -0.05) is 34.1 Å². The number of halogens is 1. The predicted molar refractivity (Wildman–Crippen MR) is 82.4 cm³/mol. The molecule has 0 aromatic heterocycles. The van der Waals surface area contributed by atoms with Gasteiger partial charge in [0.2, 0.25) is 0 Å². The van der Waals surface area contributed by atoms with Crippen LogP contribution in [-0.4, -0.2) is 15.5 Å². The smallest absolute Gasteiger partial charge is 0.184 e. The maximum absolute atomic E-state index is 12.5. The minimum Gasteiger partial charge on any atom is -0.496 e. The number of methoxy groups -OCH3 is 1. The lowest BCUT2D eigenvalue weighted by Crippen LogP contribution is -2.08. The quantitative estimate of drug-likeness (QED) is 0.855. The van der Waals surface area contributed by atoms with Gasteiger partial charge in [-0.2, -0.15) is 0 Å². The molecule has 106 valence electrons. The maximum atomic E-state index is 12.5. The van der Waals surface area contributed by atoms with Crippen molar-refractivity contribution in [3.05, 3.63) is 52.5 Å². The topological polar surface area (TPSA) is 69.4 Å². The average Bonchev–Trinajstić information content (AvgIpc) is 2.38. The number of ether oxygens (including phenoxy) is 1. The van der Waals surface area contributed by atoms with E-state index >= 15 is 0 Å². The second-order valence-corrected chi connectivity index (χ2v) is 7.13. The van der Waals surface area contributed by atoms with E-state index < -0.39 is 9.84 Å². The summed E-state index contributed by atoms with van der Waals surface area (Å²) in [5.41, 5.74) is 6.63. The van der Waals surface area contributed by atoms with Crippen molar-refractivity contribution in [3.8, 4) is 5.75 Å². The Hall–Kier alpha value is -1.53.